The van der Waals surface area contributed by atoms with E-state index < -0.39 is 23.1 Å². The standard InChI is InChI=1S/C28H28F2N4O4/c1-37-15-3-12-34-11-2-4-22(28(34)36)27(35)32-24-16-19(18-31)5-7-25(24)33-13-9-21(10-14-33)38-26-8-6-20(29)17-23(26)30/h2,4-8,11,16-17,21H,3,9-10,12-15H2,1H3,(H,32,35). The van der Waals surface area contributed by atoms with E-state index in [1.807, 2.05) is 4.90 Å². The summed E-state index contributed by atoms with van der Waals surface area (Å²) >= 11 is 0. The summed E-state index contributed by atoms with van der Waals surface area (Å²) in [7, 11) is 1.58. The number of nitrogens with zero attached hydrogens (tertiary/aromatic N) is 3. The average Bonchev–Trinajstić information content (AvgIpc) is 2.92. The van der Waals surface area contributed by atoms with Gasteiger partial charge in [-0.25, -0.2) is 8.78 Å². The van der Waals surface area contributed by atoms with Crippen molar-refractivity contribution in [3.63, 3.8) is 0 Å². The lowest BCUT2D eigenvalue weighted by molar-refractivity contribution is 0.102. The first-order valence-electron chi connectivity index (χ1n) is 12.3. The van der Waals surface area contributed by atoms with Crippen LogP contribution in [0.1, 0.15) is 35.2 Å². The molecule has 1 aliphatic rings. The zero-order chi connectivity index (χ0) is 27.1. The van der Waals surface area contributed by atoms with Gasteiger partial charge in [0.05, 0.1) is 23.0 Å². The van der Waals surface area contributed by atoms with E-state index in [0.29, 0.717) is 62.4 Å². The number of aromatic nitrogens is 1. The monoisotopic (exact) mass is 522 g/mol. The maximum atomic E-state index is 14.0. The van der Waals surface area contributed by atoms with Crippen LogP contribution in [0.2, 0.25) is 0 Å². The Morgan fingerprint density at radius 2 is 1.95 bits per heavy atom. The molecule has 0 radical (unpaired) electrons. The van der Waals surface area contributed by atoms with Crippen LogP contribution >= 0.6 is 0 Å². The minimum atomic E-state index is -0.747. The summed E-state index contributed by atoms with van der Waals surface area (Å²) in [6.07, 6.45) is 3.12. The van der Waals surface area contributed by atoms with Gasteiger partial charge in [-0.2, -0.15) is 5.26 Å². The number of carbonyl (C=O) groups excluding carboxylic acids is 1. The van der Waals surface area contributed by atoms with Crippen molar-refractivity contribution in [2.24, 2.45) is 0 Å². The third kappa shape index (κ3) is 6.36. The van der Waals surface area contributed by atoms with Crippen LogP contribution in [0.25, 0.3) is 0 Å². The second-order valence-corrected chi connectivity index (χ2v) is 8.94. The van der Waals surface area contributed by atoms with Crippen LogP contribution in [-0.2, 0) is 11.3 Å². The van der Waals surface area contributed by atoms with E-state index in [1.165, 1.54) is 16.7 Å². The summed E-state index contributed by atoms with van der Waals surface area (Å²) in [6.45, 7) is 2.00. The third-order valence-electron chi connectivity index (χ3n) is 6.36. The Kier molecular flexibility index (Phi) is 8.71. The number of nitrogens with one attached hydrogen (secondary N) is 1. The lowest BCUT2D eigenvalue weighted by atomic mass is 10.1. The number of methoxy groups -OCH3 is 1. The maximum Gasteiger partial charge on any atom is 0.263 e. The molecule has 10 heteroatoms. The Labute approximate surface area is 219 Å². The number of benzene rings is 2. The van der Waals surface area contributed by atoms with E-state index in [1.54, 1.807) is 37.6 Å². The molecule has 0 atom stereocenters. The number of hydrogen-bond acceptors (Lipinski definition) is 6. The topological polar surface area (TPSA) is 96.6 Å². The Balaban J connectivity index is 1.48. The van der Waals surface area contributed by atoms with Crippen molar-refractivity contribution in [1.29, 1.82) is 5.26 Å². The molecule has 8 nitrogen and oxygen atoms in total. The number of rotatable bonds is 9. The second kappa shape index (κ2) is 12.3. The van der Waals surface area contributed by atoms with Gasteiger partial charge < -0.3 is 24.3 Å². The molecule has 4 rings (SSSR count). The van der Waals surface area contributed by atoms with Crippen LogP contribution in [0, 0.1) is 23.0 Å². The van der Waals surface area contributed by atoms with E-state index in [9.17, 15) is 23.6 Å². The number of piperidine rings is 1. The van der Waals surface area contributed by atoms with Gasteiger partial charge in [-0.1, -0.05) is 0 Å². The summed E-state index contributed by atoms with van der Waals surface area (Å²) in [4.78, 5) is 28.0. The quantitative estimate of drug-likeness (QED) is 0.420. The van der Waals surface area contributed by atoms with Gasteiger partial charge in [0.15, 0.2) is 11.6 Å². The Morgan fingerprint density at radius 1 is 1.16 bits per heavy atom. The third-order valence-corrected chi connectivity index (χ3v) is 6.36. The zero-order valence-corrected chi connectivity index (χ0v) is 21.0. The molecule has 0 bridgehead atoms. The van der Waals surface area contributed by atoms with Crippen LogP contribution in [0.3, 0.4) is 0 Å². The normalized spacial score (nSPS) is 13.7. The molecular formula is C28H28F2N4O4. The first-order chi connectivity index (χ1) is 18.4. The molecule has 2 heterocycles. The van der Waals surface area contributed by atoms with Crippen molar-refractivity contribution >= 4 is 17.3 Å². The number of halogens is 2. The molecule has 1 fully saturated rings. The van der Waals surface area contributed by atoms with Crippen molar-refractivity contribution < 1.29 is 23.0 Å². The van der Waals surface area contributed by atoms with Crippen molar-refractivity contribution in [3.05, 3.63) is 87.8 Å². The molecule has 0 spiro atoms. The molecule has 1 saturated heterocycles. The second-order valence-electron chi connectivity index (χ2n) is 8.94. The molecule has 1 aromatic heterocycles. The number of anilines is 2. The highest BCUT2D eigenvalue weighted by atomic mass is 19.1. The van der Waals surface area contributed by atoms with Crippen LogP contribution < -0.4 is 20.5 Å². The fraction of sp³-hybridized carbons (Fsp3) is 0.321. The number of carbonyl (C=O) groups is 1. The predicted octanol–water partition coefficient (Wildman–Crippen LogP) is 4.33. The first-order valence-corrected chi connectivity index (χ1v) is 12.3. The number of ether oxygens (including phenoxy) is 2. The molecule has 38 heavy (non-hydrogen) atoms. The summed E-state index contributed by atoms with van der Waals surface area (Å²) in [6, 6.07) is 13.4. The minimum absolute atomic E-state index is 0.00640. The molecule has 0 unspecified atom stereocenters. The van der Waals surface area contributed by atoms with Gasteiger partial charge in [0.1, 0.15) is 17.5 Å². The highest BCUT2D eigenvalue weighted by Crippen LogP contribution is 2.31. The van der Waals surface area contributed by atoms with Gasteiger partial charge in [-0.15, -0.1) is 0 Å². The van der Waals surface area contributed by atoms with Crippen molar-refractivity contribution in [3.8, 4) is 11.8 Å². The van der Waals surface area contributed by atoms with Gasteiger partial charge >= 0.3 is 0 Å². The van der Waals surface area contributed by atoms with E-state index >= 15 is 0 Å². The number of pyridine rings is 1. The fourth-order valence-corrected chi connectivity index (χ4v) is 4.40. The lowest BCUT2D eigenvalue weighted by Crippen LogP contribution is -2.39. The van der Waals surface area contributed by atoms with Crippen molar-refractivity contribution in [1.82, 2.24) is 4.57 Å². The summed E-state index contributed by atoms with van der Waals surface area (Å²) in [5.41, 5.74) is 1.04. The van der Waals surface area contributed by atoms with E-state index in [2.05, 4.69) is 11.4 Å². The van der Waals surface area contributed by atoms with Crippen molar-refractivity contribution in [2.45, 2.75) is 31.9 Å². The SMILES string of the molecule is COCCCn1cccc(C(=O)Nc2cc(C#N)ccc2N2CCC(Oc3ccc(F)cc3F)CC2)c1=O. The number of nitriles is 1. The highest BCUT2D eigenvalue weighted by Gasteiger charge is 2.24. The Hall–Kier alpha value is -4.23. The van der Waals surface area contributed by atoms with E-state index in [0.717, 1.165) is 12.1 Å². The average molecular weight is 523 g/mol. The summed E-state index contributed by atoms with van der Waals surface area (Å²) in [5, 5.41) is 12.2. The smallest absolute Gasteiger partial charge is 0.263 e. The minimum Gasteiger partial charge on any atom is -0.487 e. The van der Waals surface area contributed by atoms with Crippen LogP contribution in [0.5, 0.6) is 5.75 Å². The molecule has 1 N–H and O–H groups in total. The van der Waals surface area contributed by atoms with Gasteiger partial charge in [0, 0.05) is 58.5 Å². The largest absolute Gasteiger partial charge is 0.487 e. The van der Waals surface area contributed by atoms with Gasteiger partial charge in [-0.3, -0.25) is 9.59 Å². The van der Waals surface area contributed by atoms with Crippen molar-refractivity contribution in [2.75, 3.05) is 37.0 Å². The molecular weight excluding hydrogens is 494 g/mol. The number of hydrogen-bond donors (Lipinski definition) is 1. The van der Waals surface area contributed by atoms with E-state index in [4.69, 9.17) is 9.47 Å². The fourth-order valence-electron chi connectivity index (χ4n) is 4.40. The zero-order valence-electron chi connectivity index (χ0n) is 21.0. The molecule has 0 saturated carbocycles. The molecule has 2 aromatic carbocycles. The maximum absolute atomic E-state index is 14.0. The summed E-state index contributed by atoms with van der Waals surface area (Å²) < 4.78 is 39.4. The van der Waals surface area contributed by atoms with Crippen LogP contribution in [-0.4, -0.2) is 43.4 Å². The number of amides is 1. The highest BCUT2D eigenvalue weighted by molar-refractivity contribution is 6.05. The van der Waals surface area contributed by atoms with Crippen LogP contribution in [0.4, 0.5) is 20.2 Å². The van der Waals surface area contributed by atoms with Gasteiger partial charge in [-0.05, 0) is 48.9 Å². The Morgan fingerprint density at radius 3 is 2.66 bits per heavy atom. The molecule has 1 aliphatic heterocycles. The Bertz CT molecular complexity index is 1390. The summed E-state index contributed by atoms with van der Waals surface area (Å²) in [5.74, 6) is -1.98. The first kappa shape index (κ1) is 26.8. The molecule has 198 valence electrons. The van der Waals surface area contributed by atoms with E-state index in [-0.39, 0.29) is 17.4 Å². The van der Waals surface area contributed by atoms with Gasteiger partial charge in [0.2, 0.25) is 0 Å². The molecule has 3 aromatic rings. The molecule has 1 amide bonds. The van der Waals surface area contributed by atoms with Gasteiger partial charge in [0.25, 0.3) is 11.5 Å². The lowest BCUT2D eigenvalue weighted by Gasteiger charge is -2.34. The predicted molar refractivity (Wildman–Crippen MR) is 139 cm³/mol. The molecule has 0 aliphatic carbocycles. The number of aryl methyl sites for hydroxylation is 1. The van der Waals surface area contributed by atoms with Crippen LogP contribution in [0.15, 0.2) is 59.5 Å².